The molecule has 0 aromatic heterocycles. The van der Waals surface area contributed by atoms with Crippen molar-refractivity contribution in [3.63, 3.8) is 0 Å². The van der Waals surface area contributed by atoms with Crippen molar-refractivity contribution in [2.75, 3.05) is 39.3 Å². The smallest absolute Gasteiger partial charge is 0.242 e. The third-order valence-corrected chi connectivity index (χ3v) is 5.06. The highest BCUT2D eigenvalue weighted by molar-refractivity contribution is 5.85. The highest BCUT2D eigenvalue weighted by Gasteiger charge is 2.35. The largest absolute Gasteiger partial charge is 0.375 e. The molecule has 9 heteroatoms. The van der Waals surface area contributed by atoms with Gasteiger partial charge in [-0.1, -0.05) is 0 Å². The molecule has 3 atom stereocenters. The van der Waals surface area contributed by atoms with Crippen molar-refractivity contribution in [1.29, 1.82) is 0 Å². The number of morpholine rings is 1. The lowest BCUT2D eigenvalue weighted by Gasteiger charge is -2.40. The van der Waals surface area contributed by atoms with Crippen LogP contribution in [-0.2, 0) is 14.3 Å². The number of halogens is 2. The van der Waals surface area contributed by atoms with Crippen molar-refractivity contribution >= 4 is 36.6 Å². The van der Waals surface area contributed by atoms with Crippen LogP contribution in [0, 0.1) is 0 Å². The predicted octanol–water partition coefficient (Wildman–Crippen LogP) is 0.0182. The van der Waals surface area contributed by atoms with Crippen molar-refractivity contribution in [3.05, 3.63) is 0 Å². The Kier molecular flexibility index (Phi) is 8.91. The Bertz CT molecular complexity index is 457. The van der Waals surface area contributed by atoms with E-state index in [1.807, 2.05) is 18.7 Å². The van der Waals surface area contributed by atoms with Gasteiger partial charge in [0, 0.05) is 38.8 Å². The van der Waals surface area contributed by atoms with E-state index in [0.717, 1.165) is 32.5 Å². The molecule has 7 nitrogen and oxygen atoms in total. The first-order valence-corrected chi connectivity index (χ1v) is 8.74. The lowest BCUT2D eigenvalue weighted by atomic mass is 10.1. The molecule has 3 aliphatic rings. The second-order valence-electron chi connectivity index (χ2n) is 6.83. The maximum Gasteiger partial charge on any atom is 0.242 e. The first-order chi connectivity index (χ1) is 11.1. The Hall–Kier alpha value is -0.600. The van der Waals surface area contributed by atoms with E-state index >= 15 is 0 Å². The molecule has 0 bridgehead atoms. The van der Waals surface area contributed by atoms with Crippen LogP contribution in [0.1, 0.15) is 26.7 Å². The molecule has 0 radical (unpaired) electrons. The van der Waals surface area contributed by atoms with Crippen molar-refractivity contribution in [3.8, 4) is 0 Å². The maximum absolute atomic E-state index is 12.6. The minimum Gasteiger partial charge on any atom is -0.375 e. The Morgan fingerprint density at radius 2 is 1.80 bits per heavy atom. The summed E-state index contributed by atoms with van der Waals surface area (Å²) in [5.74, 6) is 0.232. The van der Waals surface area contributed by atoms with E-state index < -0.39 is 0 Å². The summed E-state index contributed by atoms with van der Waals surface area (Å²) in [6.07, 6.45) is 2.13. The Morgan fingerprint density at radius 1 is 1.16 bits per heavy atom. The van der Waals surface area contributed by atoms with Gasteiger partial charge in [0.1, 0.15) is 6.04 Å². The zero-order valence-corrected chi connectivity index (χ0v) is 16.5. The molecular formula is C16H30Cl2N4O3. The number of nitrogens with zero attached hydrogens (tertiary/aromatic N) is 2. The first-order valence-electron chi connectivity index (χ1n) is 8.74. The average Bonchev–Trinajstić information content (AvgIpc) is 3.38. The second kappa shape index (κ2) is 9.92. The molecule has 146 valence electrons. The summed E-state index contributed by atoms with van der Waals surface area (Å²) in [7, 11) is 0. The van der Waals surface area contributed by atoms with Gasteiger partial charge in [0.15, 0.2) is 0 Å². The minimum atomic E-state index is -0.245. The van der Waals surface area contributed by atoms with E-state index in [2.05, 4.69) is 15.5 Å². The number of piperazine rings is 1. The van der Waals surface area contributed by atoms with E-state index in [1.54, 1.807) is 0 Å². The second-order valence-corrected chi connectivity index (χ2v) is 6.83. The van der Waals surface area contributed by atoms with Crippen molar-refractivity contribution in [2.45, 2.75) is 50.9 Å². The van der Waals surface area contributed by atoms with E-state index in [9.17, 15) is 9.59 Å². The number of nitrogens with one attached hydrogen (secondary N) is 2. The third-order valence-electron chi connectivity index (χ3n) is 5.06. The van der Waals surface area contributed by atoms with Crippen LogP contribution in [0.3, 0.4) is 0 Å². The van der Waals surface area contributed by atoms with Gasteiger partial charge < -0.3 is 20.3 Å². The fourth-order valence-corrected chi connectivity index (χ4v) is 3.25. The molecular weight excluding hydrogens is 367 g/mol. The minimum absolute atomic E-state index is 0. The van der Waals surface area contributed by atoms with Gasteiger partial charge in [0.2, 0.25) is 11.8 Å². The summed E-state index contributed by atoms with van der Waals surface area (Å²) in [6, 6.07) is 0.0282. The molecule has 1 aliphatic carbocycles. The van der Waals surface area contributed by atoms with Gasteiger partial charge in [0.05, 0.1) is 18.8 Å². The zero-order valence-electron chi connectivity index (χ0n) is 14.9. The number of ether oxygens (including phenoxy) is 1. The highest BCUT2D eigenvalue weighted by Crippen LogP contribution is 2.19. The Labute approximate surface area is 162 Å². The highest BCUT2D eigenvalue weighted by atomic mass is 35.5. The number of hydrogen-bond acceptors (Lipinski definition) is 5. The number of rotatable bonds is 4. The predicted molar refractivity (Wildman–Crippen MR) is 100 cm³/mol. The van der Waals surface area contributed by atoms with E-state index in [4.69, 9.17) is 4.74 Å². The van der Waals surface area contributed by atoms with Crippen LogP contribution in [0.4, 0.5) is 0 Å². The SMILES string of the molecule is CC(C(=O)NC1CC1)N1CCN(C(=O)[C@H]2NCCO[C@@H]2C)CC1.Cl.Cl. The number of amides is 2. The molecule has 2 heterocycles. The van der Waals surface area contributed by atoms with E-state index in [0.29, 0.717) is 25.7 Å². The number of carbonyl (C=O) groups excluding carboxylic acids is 2. The molecule has 1 saturated carbocycles. The van der Waals surface area contributed by atoms with Crippen LogP contribution >= 0.6 is 24.8 Å². The van der Waals surface area contributed by atoms with Crippen LogP contribution in [-0.4, -0.2) is 85.2 Å². The molecule has 0 aromatic carbocycles. The molecule has 1 unspecified atom stereocenters. The van der Waals surface area contributed by atoms with E-state index in [-0.39, 0.29) is 54.8 Å². The molecule has 2 aliphatic heterocycles. The molecule has 2 saturated heterocycles. The lowest BCUT2D eigenvalue weighted by Crippen LogP contribution is -2.61. The topological polar surface area (TPSA) is 73.9 Å². The molecule has 25 heavy (non-hydrogen) atoms. The van der Waals surface area contributed by atoms with Crippen LogP contribution in [0.2, 0.25) is 0 Å². The van der Waals surface area contributed by atoms with Gasteiger partial charge in [-0.2, -0.15) is 0 Å². The lowest BCUT2D eigenvalue weighted by molar-refractivity contribution is -0.141. The van der Waals surface area contributed by atoms with Gasteiger partial charge in [-0.25, -0.2) is 0 Å². The monoisotopic (exact) mass is 396 g/mol. The summed E-state index contributed by atoms with van der Waals surface area (Å²) in [5.41, 5.74) is 0. The normalized spacial score (nSPS) is 28.3. The van der Waals surface area contributed by atoms with Gasteiger partial charge in [-0.3, -0.25) is 14.5 Å². The summed E-state index contributed by atoms with van der Waals surface area (Å²) >= 11 is 0. The van der Waals surface area contributed by atoms with Crippen molar-refractivity contribution < 1.29 is 14.3 Å². The standard InChI is InChI=1S/C16H28N4O3.2ClH/c1-11(15(21)18-13-3-4-13)19-6-8-20(9-7-19)16(22)14-12(2)23-10-5-17-14;;/h11-14,17H,3-10H2,1-2H3,(H,18,21);2*1H/t11?,12-,14+;;/m1../s1. The van der Waals surface area contributed by atoms with Gasteiger partial charge in [-0.05, 0) is 26.7 Å². The zero-order chi connectivity index (χ0) is 16.4. The van der Waals surface area contributed by atoms with Crippen LogP contribution in [0.15, 0.2) is 0 Å². The molecule has 2 N–H and O–H groups in total. The average molecular weight is 397 g/mol. The van der Waals surface area contributed by atoms with Gasteiger partial charge in [-0.15, -0.1) is 24.8 Å². The van der Waals surface area contributed by atoms with Crippen molar-refractivity contribution in [1.82, 2.24) is 20.4 Å². The van der Waals surface area contributed by atoms with Crippen LogP contribution in [0.25, 0.3) is 0 Å². The van der Waals surface area contributed by atoms with Crippen LogP contribution in [0.5, 0.6) is 0 Å². The first kappa shape index (κ1) is 22.4. The Balaban J connectivity index is 0.00000156. The van der Waals surface area contributed by atoms with Gasteiger partial charge in [0.25, 0.3) is 0 Å². The molecule has 3 fully saturated rings. The van der Waals surface area contributed by atoms with Crippen LogP contribution < -0.4 is 10.6 Å². The maximum atomic E-state index is 12.6. The fraction of sp³-hybridized carbons (Fsp3) is 0.875. The molecule has 2 amide bonds. The van der Waals surface area contributed by atoms with E-state index in [1.165, 1.54) is 0 Å². The summed E-state index contributed by atoms with van der Waals surface area (Å²) < 4.78 is 5.56. The third kappa shape index (κ3) is 5.69. The summed E-state index contributed by atoms with van der Waals surface area (Å²) in [4.78, 5) is 28.8. The summed E-state index contributed by atoms with van der Waals surface area (Å²) in [6.45, 7) is 8.10. The number of carbonyl (C=O) groups is 2. The summed E-state index contributed by atoms with van der Waals surface area (Å²) in [5, 5.41) is 6.31. The molecule has 0 spiro atoms. The quantitative estimate of drug-likeness (QED) is 0.700. The molecule has 3 rings (SSSR count). The van der Waals surface area contributed by atoms with Crippen molar-refractivity contribution in [2.24, 2.45) is 0 Å². The fourth-order valence-electron chi connectivity index (χ4n) is 3.25. The number of hydrogen-bond donors (Lipinski definition) is 2. The van der Waals surface area contributed by atoms with Gasteiger partial charge >= 0.3 is 0 Å². The Morgan fingerprint density at radius 3 is 2.36 bits per heavy atom. The molecule has 0 aromatic rings.